The zero-order valence-electron chi connectivity index (χ0n) is 13.3. The number of aryl methyl sites for hydroxylation is 1. The van der Waals surface area contributed by atoms with Crippen LogP contribution in [0, 0.1) is 17.3 Å². The van der Waals surface area contributed by atoms with Crippen molar-refractivity contribution in [3.63, 3.8) is 0 Å². The van der Waals surface area contributed by atoms with Crippen molar-refractivity contribution in [2.45, 2.75) is 49.8 Å². The van der Waals surface area contributed by atoms with Gasteiger partial charge in [-0.1, -0.05) is 28.9 Å². The van der Waals surface area contributed by atoms with Crippen molar-refractivity contribution in [1.82, 2.24) is 0 Å². The van der Waals surface area contributed by atoms with Crippen LogP contribution in [0.1, 0.15) is 49.7 Å². The summed E-state index contributed by atoms with van der Waals surface area (Å²) >= 11 is 3.63. The molecule has 0 N–H and O–H groups in total. The predicted molar refractivity (Wildman–Crippen MR) is 90.7 cm³/mol. The van der Waals surface area contributed by atoms with Gasteiger partial charge in [0.2, 0.25) is 0 Å². The number of methoxy groups -OCH3 is 1. The Hall–Kier alpha value is -0.830. The summed E-state index contributed by atoms with van der Waals surface area (Å²) in [6.45, 7) is 2.22. The minimum Gasteiger partial charge on any atom is -0.497 e. The van der Waals surface area contributed by atoms with Gasteiger partial charge in [0, 0.05) is 5.41 Å². The number of hydrogen-bond acceptors (Lipinski definition) is 2. The van der Waals surface area contributed by atoms with Crippen molar-refractivity contribution in [3.05, 3.63) is 29.3 Å². The SMILES string of the molecule is COc1ccc2c(c1)CC[C@@H]1[C@@H]2CC[C@@]2(C)C(=O)[C@@H](Br)C[C@@H]12. The van der Waals surface area contributed by atoms with E-state index >= 15 is 0 Å². The Bertz CT molecular complexity index is 626. The van der Waals surface area contributed by atoms with E-state index in [4.69, 9.17) is 4.74 Å². The largest absolute Gasteiger partial charge is 0.497 e. The third-order valence-corrected chi connectivity index (χ3v) is 7.42. The molecule has 4 rings (SSSR count). The van der Waals surface area contributed by atoms with E-state index in [9.17, 15) is 4.79 Å². The molecule has 0 aromatic heterocycles. The number of ketones is 1. The molecule has 22 heavy (non-hydrogen) atoms. The molecule has 3 aliphatic rings. The quantitative estimate of drug-likeness (QED) is 0.687. The number of rotatable bonds is 1. The Kier molecular flexibility index (Phi) is 3.41. The van der Waals surface area contributed by atoms with Crippen LogP contribution < -0.4 is 4.74 Å². The van der Waals surface area contributed by atoms with Gasteiger partial charge in [0.05, 0.1) is 11.9 Å². The van der Waals surface area contributed by atoms with Gasteiger partial charge in [0.25, 0.3) is 0 Å². The monoisotopic (exact) mass is 362 g/mol. The van der Waals surface area contributed by atoms with Gasteiger partial charge in [0.1, 0.15) is 5.75 Å². The smallest absolute Gasteiger partial charge is 0.152 e. The van der Waals surface area contributed by atoms with E-state index in [0.29, 0.717) is 23.5 Å². The zero-order chi connectivity index (χ0) is 15.5. The first-order valence-electron chi connectivity index (χ1n) is 8.40. The first-order chi connectivity index (χ1) is 10.5. The number of carbonyl (C=O) groups is 1. The molecule has 0 radical (unpaired) electrons. The van der Waals surface area contributed by atoms with Crippen LogP contribution in [0.2, 0.25) is 0 Å². The lowest BCUT2D eigenvalue weighted by Crippen LogP contribution is -2.42. The van der Waals surface area contributed by atoms with E-state index in [1.807, 2.05) is 0 Å². The predicted octanol–water partition coefficient (Wildman–Crippen LogP) is 4.49. The van der Waals surface area contributed by atoms with Gasteiger partial charge in [-0.25, -0.2) is 0 Å². The van der Waals surface area contributed by atoms with Crippen molar-refractivity contribution >= 4 is 21.7 Å². The summed E-state index contributed by atoms with van der Waals surface area (Å²) in [6.07, 6.45) is 5.58. The highest BCUT2D eigenvalue weighted by Gasteiger charge is 2.57. The van der Waals surface area contributed by atoms with Crippen molar-refractivity contribution < 1.29 is 9.53 Å². The first kappa shape index (κ1) is 14.7. The molecule has 0 saturated heterocycles. The molecule has 3 aliphatic carbocycles. The highest BCUT2D eigenvalue weighted by Crippen LogP contribution is 2.60. The fourth-order valence-electron chi connectivity index (χ4n) is 5.43. The molecule has 1 aromatic rings. The van der Waals surface area contributed by atoms with E-state index in [0.717, 1.165) is 31.4 Å². The van der Waals surface area contributed by atoms with Gasteiger partial charge < -0.3 is 4.74 Å². The van der Waals surface area contributed by atoms with Gasteiger partial charge in [0.15, 0.2) is 5.78 Å². The molecule has 0 spiro atoms. The van der Waals surface area contributed by atoms with Crippen molar-refractivity contribution in [3.8, 4) is 5.75 Å². The van der Waals surface area contributed by atoms with Crippen LogP contribution in [0.5, 0.6) is 5.75 Å². The molecule has 5 atom stereocenters. The maximum absolute atomic E-state index is 12.6. The van der Waals surface area contributed by atoms with E-state index in [-0.39, 0.29) is 10.2 Å². The normalized spacial score (nSPS) is 39.9. The minimum absolute atomic E-state index is 0.0820. The number of alkyl halides is 1. The van der Waals surface area contributed by atoms with Crippen LogP contribution in [0.25, 0.3) is 0 Å². The number of Topliss-reactive ketones (excluding diaryl/α,β-unsaturated/α-hetero) is 1. The van der Waals surface area contributed by atoms with Gasteiger partial charge in [-0.3, -0.25) is 4.79 Å². The van der Waals surface area contributed by atoms with Crippen LogP contribution in [0.3, 0.4) is 0 Å². The lowest BCUT2D eigenvalue weighted by Gasteiger charge is -2.48. The van der Waals surface area contributed by atoms with Crippen LogP contribution >= 0.6 is 15.9 Å². The Morgan fingerprint density at radius 3 is 2.91 bits per heavy atom. The number of benzene rings is 1. The zero-order valence-corrected chi connectivity index (χ0v) is 14.9. The molecule has 1 aromatic carbocycles. The van der Waals surface area contributed by atoms with Gasteiger partial charge in [-0.05, 0) is 73.1 Å². The van der Waals surface area contributed by atoms with Crippen molar-refractivity contribution in [1.29, 1.82) is 0 Å². The fourth-order valence-corrected chi connectivity index (χ4v) is 6.36. The summed E-state index contributed by atoms with van der Waals surface area (Å²) in [4.78, 5) is 12.7. The molecular formula is C19H23BrO2. The number of fused-ring (bicyclic) bond motifs is 5. The Morgan fingerprint density at radius 1 is 1.32 bits per heavy atom. The highest BCUT2D eigenvalue weighted by molar-refractivity contribution is 9.10. The van der Waals surface area contributed by atoms with Gasteiger partial charge >= 0.3 is 0 Å². The van der Waals surface area contributed by atoms with Crippen LogP contribution in [0.15, 0.2) is 18.2 Å². The summed E-state index contributed by atoms with van der Waals surface area (Å²) in [7, 11) is 1.74. The number of carbonyl (C=O) groups excluding carboxylic acids is 1. The standard InChI is InChI=1S/C19H23BrO2/c1-19-8-7-14-13-6-4-12(22-2)9-11(13)3-5-15(14)16(19)10-17(20)18(19)21/h4,6,9,14-17H,3,5,7-8,10H2,1-2H3/t14-,15-,16+,17+,19-/m1/s1. The molecule has 2 saturated carbocycles. The van der Waals surface area contributed by atoms with Crippen molar-refractivity contribution in [2.24, 2.45) is 17.3 Å². The third kappa shape index (κ3) is 1.94. The van der Waals surface area contributed by atoms with Crippen LogP contribution in [-0.2, 0) is 11.2 Å². The van der Waals surface area contributed by atoms with E-state index in [2.05, 4.69) is 41.1 Å². The lowest BCUT2D eigenvalue weighted by atomic mass is 9.55. The number of halogens is 1. The second-order valence-corrected chi connectivity index (χ2v) is 8.61. The second-order valence-electron chi connectivity index (χ2n) is 7.50. The molecule has 2 nitrogen and oxygen atoms in total. The Balaban J connectivity index is 1.70. The molecule has 0 amide bonds. The van der Waals surface area contributed by atoms with E-state index in [1.165, 1.54) is 17.5 Å². The first-order valence-corrected chi connectivity index (χ1v) is 9.31. The molecule has 0 unspecified atom stereocenters. The topological polar surface area (TPSA) is 26.3 Å². The highest BCUT2D eigenvalue weighted by atomic mass is 79.9. The van der Waals surface area contributed by atoms with Gasteiger partial charge in [-0.15, -0.1) is 0 Å². The van der Waals surface area contributed by atoms with E-state index in [1.54, 1.807) is 7.11 Å². The molecule has 0 aliphatic heterocycles. The molecule has 118 valence electrons. The Morgan fingerprint density at radius 2 is 2.14 bits per heavy atom. The van der Waals surface area contributed by atoms with Crippen LogP contribution in [0.4, 0.5) is 0 Å². The summed E-state index contributed by atoms with van der Waals surface area (Å²) in [5.41, 5.74) is 2.90. The third-order valence-electron chi connectivity index (χ3n) is 6.63. The Labute approximate surface area is 140 Å². The average Bonchev–Trinajstić information content (AvgIpc) is 2.77. The van der Waals surface area contributed by atoms with E-state index < -0.39 is 0 Å². The molecule has 3 heteroatoms. The maximum atomic E-state index is 12.6. The second kappa shape index (κ2) is 5.09. The maximum Gasteiger partial charge on any atom is 0.152 e. The summed E-state index contributed by atoms with van der Waals surface area (Å²) in [5, 5.41) is 0. The summed E-state index contributed by atoms with van der Waals surface area (Å²) in [5.74, 6) is 3.29. The molecule has 0 bridgehead atoms. The van der Waals surface area contributed by atoms with Crippen LogP contribution in [-0.4, -0.2) is 17.7 Å². The van der Waals surface area contributed by atoms with Crippen molar-refractivity contribution in [2.75, 3.05) is 7.11 Å². The molecule has 0 heterocycles. The lowest BCUT2D eigenvalue weighted by molar-refractivity contribution is -0.128. The average molecular weight is 363 g/mol. The summed E-state index contributed by atoms with van der Waals surface area (Å²) in [6, 6.07) is 6.59. The number of hydrogen-bond donors (Lipinski definition) is 0. The minimum atomic E-state index is -0.0840. The fraction of sp³-hybridized carbons (Fsp3) is 0.632. The molecular weight excluding hydrogens is 340 g/mol. The number of ether oxygens (including phenoxy) is 1. The van der Waals surface area contributed by atoms with Gasteiger partial charge in [-0.2, -0.15) is 0 Å². The summed E-state index contributed by atoms with van der Waals surface area (Å²) < 4.78 is 5.38. The molecule has 2 fully saturated rings.